The third-order valence-electron chi connectivity index (χ3n) is 8.19. The fourth-order valence-electron chi connectivity index (χ4n) is 5.94. The van der Waals surface area contributed by atoms with E-state index in [-0.39, 0.29) is 30.6 Å². The molecule has 2 atom stereocenters. The van der Waals surface area contributed by atoms with E-state index < -0.39 is 6.67 Å². The number of fused-ring (bicyclic) bond motifs is 2. The van der Waals surface area contributed by atoms with E-state index in [4.69, 9.17) is 37.6 Å². The molecule has 2 aromatic heterocycles. The summed E-state index contributed by atoms with van der Waals surface area (Å²) in [6.07, 6.45) is 9.16. The van der Waals surface area contributed by atoms with Gasteiger partial charge in [-0.3, -0.25) is 9.78 Å². The third kappa shape index (κ3) is 6.56. The number of nitrogens with zero attached hydrogens (tertiary/aromatic N) is 7. The molecule has 12 heteroatoms. The summed E-state index contributed by atoms with van der Waals surface area (Å²) in [4.78, 5) is 36.6. The molecule has 0 unspecified atom stereocenters. The molecule has 2 fully saturated rings. The maximum Gasteiger partial charge on any atom is 0.318 e. The third-order valence-corrected chi connectivity index (χ3v) is 8.50. The lowest BCUT2D eigenvalue weighted by Gasteiger charge is -2.41. The van der Waals surface area contributed by atoms with Gasteiger partial charge in [-0.1, -0.05) is 23.7 Å². The molecule has 0 radical (unpaired) electrons. The van der Waals surface area contributed by atoms with Crippen LogP contribution < -0.4 is 14.5 Å². The van der Waals surface area contributed by atoms with Crippen LogP contribution in [0.5, 0.6) is 6.01 Å². The van der Waals surface area contributed by atoms with Gasteiger partial charge in [-0.15, -0.1) is 0 Å². The number of rotatable bonds is 10. The van der Waals surface area contributed by atoms with Crippen molar-refractivity contribution in [2.45, 2.75) is 51.0 Å². The first-order valence-electron chi connectivity index (χ1n) is 15.0. The van der Waals surface area contributed by atoms with Crippen LogP contribution in [-0.4, -0.2) is 90.0 Å². The molecule has 230 valence electrons. The van der Waals surface area contributed by atoms with Gasteiger partial charge in [0.05, 0.1) is 41.4 Å². The first kappa shape index (κ1) is 30.0. The number of halogens is 2. The number of hydrogen-bond acceptors (Lipinski definition) is 8. The second-order valence-electron chi connectivity index (χ2n) is 11.4. The molecule has 0 bridgehead atoms. The number of carbonyl (C=O) groups is 1. The highest BCUT2D eigenvalue weighted by atomic mass is 35.5. The van der Waals surface area contributed by atoms with Crippen molar-refractivity contribution in [2.75, 3.05) is 55.8 Å². The molecule has 2 aliphatic heterocycles. The Morgan fingerprint density at radius 2 is 2.09 bits per heavy atom. The largest absolute Gasteiger partial charge is 0.461 e. The van der Waals surface area contributed by atoms with Gasteiger partial charge in [0.1, 0.15) is 25.1 Å². The summed E-state index contributed by atoms with van der Waals surface area (Å²) in [5.74, 6) is 0.475. The van der Waals surface area contributed by atoms with Crippen LogP contribution in [0.3, 0.4) is 0 Å². The zero-order chi connectivity index (χ0) is 30.6. The number of carbonyl (C=O) groups excluding carboxylic acids is 1. The SMILES string of the molecule is [C-]#[N+]C[C@H]1CN(c2nc(OC[C@@H](C)OC3CC3)nc3c2CCN(c2cncc4cccc(Cl)c24)C3)CCN1C(=O)/C=C/CF. The Kier molecular flexibility index (Phi) is 9.09. The molecule has 1 saturated carbocycles. The van der Waals surface area contributed by atoms with Crippen LogP contribution >= 0.6 is 11.6 Å². The van der Waals surface area contributed by atoms with E-state index in [2.05, 4.69) is 19.6 Å². The fourth-order valence-corrected chi connectivity index (χ4v) is 6.21. The predicted octanol–water partition coefficient (Wildman–Crippen LogP) is 4.65. The first-order valence-corrected chi connectivity index (χ1v) is 15.4. The van der Waals surface area contributed by atoms with E-state index in [1.54, 1.807) is 4.90 Å². The van der Waals surface area contributed by atoms with Gasteiger partial charge in [0.15, 0.2) is 0 Å². The second kappa shape index (κ2) is 13.3. The van der Waals surface area contributed by atoms with Crippen molar-refractivity contribution in [3.63, 3.8) is 0 Å². The average Bonchev–Trinajstić information content (AvgIpc) is 3.86. The van der Waals surface area contributed by atoms with Crippen molar-refractivity contribution >= 4 is 39.8 Å². The number of piperazine rings is 1. The minimum atomic E-state index is -0.711. The second-order valence-corrected chi connectivity index (χ2v) is 11.8. The topological polar surface area (TPSA) is 88.3 Å². The number of amides is 1. The van der Waals surface area contributed by atoms with Crippen LogP contribution in [0.2, 0.25) is 5.02 Å². The van der Waals surface area contributed by atoms with Gasteiger partial charge < -0.3 is 29.0 Å². The molecular weight excluding hydrogens is 585 g/mol. The lowest BCUT2D eigenvalue weighted by atomic mass is 10.0. The molecule has 3 aromatic rings. The number of benzene rings is 1. The molecule has 44 heavy (non-hydrogen) atoms. The summed E-state index contributed by atoms with van der Waals surface area (Å²) in [6, 6.07) is 5.73. The summed E-state index contributed by atoms with van der Waals surface area (Å²) >= 11 is 6.66. The van der Waals surface area contributed by atoms with Gasteiger partial charge in [-0.05, 0) is 38.3 Å². The zero-order valence-electron chi connectivity index (χ0n) is 24.7. The van der Waals surface area contributed by atoms with Crippen molar-refractivity contribution in [3.05, 3.63) is 70.4 Å². The molecule has 1 amide bonds. The first-order chi connectivity index (χ1) is 21.4. The van der Waals surface area contributed by atoms with Gasteiger partial charge in [-0.2, -0.15) is 9.97 Å². The predicted molar refractivity (Wildman–Crippen MR) is 167 cm³/mol. The summed E-state index contributed by atoms with van der Waals surface area (Å²) in [5, 5.41) is 2.59. The van der Waals surface area contributed by atoms with Crippen molar-refractivity contribution in [3.8, 4) is 6.01 Å². The van der Waals surface area contributed by atoms with E-state index in [0.717, 1.165) is 46.4 Å². The zero-order valence-corrected chi connectivity index (χ0v) is 25.4. The van der Waals surface area contributed by atoms with E-state index in [0.29, 0.717) is 56.9 Å². The molecule has 1 aliphatic carbocycles. The maximum absolute atomic E-state index is 12.8. The standard InChI is InChI=1S/C32H35ClFN7O3/c1-21(44-24-8-9-24)20-43-32-37-27-19-39(28-17-36-15-22-5-3-6-26(33)30(22)28)12-10-25(27)31(38-32)40-13-14-41(23(18-40)16-35-2)29(42)7-4-11-34/h3-7,15,17,21,23-24H,8-14,16,18-20H2,1H3/b7-4+/t21-,23+/m1/s1. The van der Waals surface area contributed by atoms with Crippen LogP contribution in [0.15, 0.2) is 42.7 Å². The Balaban J connectivity index is 1.31. The van der Waals surface area contributed by atoms with E-state index in [9.17, 15) is 9.18 Å². The van der Waals surface area contributed by atoms with Crippen molar-refractivity contribution < 1.29 is 18.7 Å². The highest BCUT2D eigenvalue weighted by Gasteiger charge is 2.35. The normalized spacial score (nSPS) is 19.2. The monoisotopic (exact) mass is 619 g/mol. The quantitative estimate of drug-likeness (QED) is 0.239. The van der Waals surface area contributed by atoms with E-state index >= 15 is 0 Å². The van der Waals surface area contributed by atoms with Gasteiger partial charge >= 0.3 is 6.01 Å². The van der Waals surface area contributed by atoms with Crippen LogP contribution in [0.1, 0.15) is 31.0 Å². The van der Waals surface area contributed by atoms with Crippen LogP contribution in [0.25, 0.3) is 15.6 Å². The number of hydrogen-bond donors (Lipinski definition) is 0. The molecule has 0 N–H and O–H groups in total. The van der Waals surface area contributed by atoms with Crippen LogP contribution in [0.4, 0.5) is 15.9 Å². The Labute approximate surface area is 261 Å². The fraction of sp³-hybridized carbons (Fsp3) is 0.469. The summed E-state index contributed by atoms with van der Waals surface area (Å²) in [6.45, 7) is 11.8. The minimum absolute atomic E-state index is 0.0963. The van der Waals surface area contributed by atoms with E-state index in [1.165, 1.54) is 12.2 Å². The van der Waals surface area contributed by atoms with Crippen molar-refractivity contribution in [1.29, 1.82) is 0 Å². The molecule has 10 nitrogen and oxygen atoms in total. The molecule has 6 rings (SSSR count). The lowest BCUT2D eigenvalue weighted by Crippen LogP contribution is -2.56. The molecular formula is C32H35ClFN7O3. The minimum Gasteiger partial charge on any atom is -0.461 e. The highest BCUT2D eigenvalue weighted by molar-refractivity contribution is 6.36. The average molecular weight is 620 g/mol. The Morgan fingerprint density at radius 1 is 1.23 bits per heavy atom. The van der Waals surface area contributed by atoms with Crippen molar-refractivity contribution in [1.82, 2.24) is 19.9 Å². The van der Waals surface area contributed by atoms with E-state index in [1.807, 2.05) is 37.5 Å². The number of aromatic nitrogens is 3. The molecule has 3 aliphatic rings. The highest BCUT2D eigenvalue weighted by Crippen LogP contribution is 2.37. The maximum atomic E-state index is 12.8. The molecule has 4 heterocycles. The Morgan fingerprint density at radius 3 is 2.89 bits per heavy atom. The van der Waals surface area contributed by atoms with Crippen LogP contribution in [0, 0.1) is 6.57 Å². The number of pyridine rings is 1. The number of allylic oxidation sites excluding steroid dienone is 1. The summed E-state index contributed by atoms with van der Waals surface area (Å²) in [5.41, 5.74) is 2.81. The Bertz CT molecular complexity index is 1590. The van der Waals surface area contributed by atoms with Gasteiger partial charge in [0.25, 0.3) is 0 Å². The molecule has 1 saturated heterocycles. The molecule has 1 aromatic carbocycles. The summed E-state index contributed by atoms with van der Waals surface area (Å²) < 4.78 is 24.8. The lowest BCUT2D eigenvalue weighted by molar-refractivity contribution is -0.128. The smallest absolute Gasteiger partial charge is 0.318 e. The van der Waals surface area contributed by atoms with Gasteiger partial charge in [0, 0.05) is 54.8 Å². The number of anilines is 2. The molecule has 0 spiro atoms. The van der Waals surface area contributed by atoms with Crippen molar-refractivity contribution in [2.24, 2.45) is 0 Å². The number of alkyl halides is 1. The van der Waals surface area contributed by atoms with Crippen LogP contribution in [-0.2, 0) is 22.5 Å². The number of ether oxygens (including phenoxy) is 2. The summed E-state index contributed by atoms with van der Waals surface area (Å²) in [7, 11) is 0. The Hall–Kier alpha value is -4.01. The van der Waals surface area contributed by atoms with Gasteiger partial charge in [-0.25, -0.2) is 11.0 Å². The van der Waals surface area contributed by atoms with Gasteiger partial charge in [0.2, 0.25) is 12.5 Å².